The van der Waals surface area contributed by atoms with Crippen LogP contribution in [0.5, 0.6) is 0 Å². The van der Waals surface area contributed by atoms with Gasteiger partial charge in [-0.2, -0.15) is 0 Å². The molecule has 1 aromatic heterocycles. The lowest BCUT2D eigenvalue weighted by Crippen LogP contribution is -2.12. The van der Waals surface area contributed by atoms with Crippen molar-refractivity contribution in [1.82, 2.24) is 0 Å². The molecule has 2 N–H and O–H groups in total. The summed E-state index contributed by atoms with van der Waals surface area (Å²) in [6.45, 7) is 1.42. The van der Waals surface area contributed by atoms with E-state index in [-0.39, 0.29) is 10.8 Å². The third kappa shape index (κ3) is 3.12. The zero-order valence-corrected chi connectivity index (χ0v) is 11.7. The van der Waals surface area contributed by atoms with Crippen molar-refractivity contribution in [3.63, 3.8) is 0 Å². The van der Waals surface area contributed by atoms with E-state index in [9.17, 15) is 12.8 Å². The van der Waals surface area contributed by atoms with Gasteiger partial charge in [0, 0.05) is 4.88 Å². The number of hydrogen-bond donors (Lipinski definition) is 2. The summed E-state index contributed by atoms with van der Waals surface area (Å²) in [7, 11) is -3.70. The first kappa shape index (κ1) is 14.0. The number of sulfonamides is 1. The maximum absolute atomic E-state index is 12.9. The van der Waals surface area contributed by atoms with Crippen molar-refractivity contribution in [2.45, 2.75) is 17.7 Å². The van der Waals surface area contributed by atoms with Gasteiger partial charge in [-0.25, -0.2) is 12.8 Å². The molecule has 1 heterocycles. The number of anilines is 1. The number of rotatable bonds is 4. The van der Waals surface area contributed by atoms with Gasteiger partial charge in [0.05, 0.1) is 12.3 Å². The Labute approximate surface area is 114 Å². The Morgan fingerprint density at radius 2 is 2.05 bits per heavy atom. The average molecular weight is 301 g/mol. The highest BCUT2D eigenvalue weighted by molar-refractivity contribution is 7.94. The van der Waals surface area contributed by atoms with Gasteiger partial charge in [-0.05, 0) is 42.8 Å². The molecule has 1 aromatic carbocycles. The van der Waals surface area contributed by atoms with E-state index in [1.165, 1.54) is 24.3 Å². The Morgan fingerprint density at radius 3 is 2.63 bits per heavy atom. The number of aliphatic hydroxyl groups is 1. The van der Waals surface area contributed by atoms with Crippen LogP contribution < -0.4 is 4.72 Å². The monoisotopic (exact) mass is 301 g/mol. The van der Waals surface area contributed by atoms with Gasteiger partial charge in [0.2, 0.25) is 0 Å². The molecule has 0 aliphatic heterocycles. The van der Waals surface area contributed by atoms with E-state index in [2.05, 4.69) is 4.72 Å². The van der Waals surface area contributed by atoms with Crippen molar-refractivity contribution in [2.24, 2.45) is 0 Å². The fraction of sp³-hybridized carbons (Fsp3) is 0.167. The molecular formula is C12H12FNO3S2. The van der Waals surface area contributed by atoms with Gasteiger partial charge >= 0.3 is 0 Å². The Hall–Kier alpha value is -1.44. The van der Waals surface area contributed by atoms with Crippen LogP contribution in [-0.2, 0) is 16.6 Å². The van der Waals surface area contributed by atoms with Crippen molar-refractivity contribution in [3.05, 3.63) is 46.6 Å². The highest BCUT2D eigenvalue weighted by atomic mass is 32.2. The van der Waals surface area contributed by atoms with E-state index in [0.29, 0.717) is 16.1 Å². The summed E-state index contributed by atoms with van der Waals surface area (Å²) in [6, 6.07) is 6.81. The van der Waals surface area contributed by atoms with E-state index >= 15 is 0 Å². The second-order valence-corrected chi connectivity index (χ2v) is 7.02. The Balaban J connectivity index is 2.30. The highest BCUT2D eigenvalue weighted by Crippen LogP contribution is 2.25. The minimum atomic E-state index is -3.70. The summed E-state index contributed by atoms with van der Waals surface area (Å²) in [5.74, 6) is -0.417. The highest BCUT2D eigenvalue weighted by Gasteiger charge is 2.17. The first-order chi connectivity index (χ1) is 8.92. The lowest BCUT2D eigenvalue weighted by atomic mass is 10.2. The molecule has 0 aliphatic rings. The van der Waals surface area contributed by atoms with Crippen molar-refractivity contribution in [3.8, 4) is 0 Å². The van der Waals surface area contributed by atoms with Gasteiger partial charge in [0.25, 0.3) is 10.0 Å². The minimum Gasteiger partial charge on any atom is -0.391 e. The van der Waals surface area contributed by atoms with Crippen LogP contribution in [-0.4, -0.2) is 13.5 Å². The van der Waals surface area contributed by atoms with Crippen molar-refractivity contribution in [1.29, 1.82) is 0 Å². The van der Waals surface area contributed by atoms with Crippen LogP contribution in [0.3, 0.4) is 0 Å². The molecule has 0 fully saturated rings. The summed E-state index contributed by atoms with van der Waals surface area (Å²) in [4.78, 5) is 0.566. The quantitative estimate of drug-likeness (QED) is 0.912. The number of halogens is 1. The van der Waals surface area contributed by atoms with E-state index in [1.54, 1.807) is 13.0 Å². The second-order valence-electron chi connectivity index (χ2n) is 3.94. The predicted octanol–water partition coefficient (Wildman–Crippen LogP) is 2.49. The smallest absolute Gasteiger partial charge is 0.271 e. The maximum Gasteiger partial charge on any atom is 0.271 e. The molecule has 2 aromatic rings. The van der Waals surface area contributed by atoms with Crippen LogP contribution in [0.1, 0.15) is 10.4 Å². The minimum absolute atomic E-state index is 0.111. The molecular weight excluding hydrogens is 289 g/mol. The lowest BCUT2D eigenvalue weighted by molar-refractivity contribution is 0.285. The van der Waals surface area contributed by atoms with Crippen LogP contribution in [0, 0.1) is 12.7 Å². The fourth-order valence-electron chi connectivity index (χ4n) is 1.52. The Bertz CT molecular complexity index is 695. The fourth-order valence-corrected chi connectivity index (χ4v) is 3.87. The largest absolute Gasteiger partial charge is 0.391 e. The number of hydrogen-bond acceptors (Lipinski definition) is 4. The standard InChI is InChI=1S/C12H12FNO3S2/c1-8-6-9(13)2-4-11(8)14-19(16,17)12-5-3-10(7-15)18-12/h2-6,14-15H,7H2,1H3. The van der Waals surface area contributed by atoms with E-state index < -0.39 is 15.8 Å². The van der Waals surface area contributed by atoms with Gasteiger partial charge < -0.3 is 5.11 Å². The average Bonchev–Trinajstić information content (AvgIpc) is 2.82. The summed E-state index contributed by atoms with van der Waals surface area (Å²) in [6.07, 6.45) is 0. The second kappa shape index (κ2) is 5.28. The molecule has 0 aliphatic carbocycles. The molecule has 0 saturated carbocycles. The van der Waals surface area contributed by atoms with Crippen molar-refractivity contribution in [2.75, 3.05) is 4.72 Å². The molecule has 102 valence electrons. The molecule has 0 atom stereocenters. The maximum atomic E-state index is 12.9. The number of benzene rings is 1. The molecule has 0 saturated heterocycles. The molecule has 19 heavy (non-hydrogen) atoms. The number of thiophene rings is 1. The van der Waals surface area contributed by atoms with Crippen molar-refractivity contribution >= 4 is 27.0 Å². The third-order valence-electron chi connectivity index (χ3n) is 2.49. The topological polar surface area (TPSA) is 66.4 Å². The van der Waals surface area contributed by atoms with Crippen LogP contribution in [0.2, 0.25) is 0 Å². The molecule has 2 rings (SSSR count). The summed E-state index contributed by atoms with van der Waals surface area (Å²) < 4.78 is 39.6. The third-order valence-corrected chi connectivity index (χ3v) is 5.42. The van der Waals surface area contributed by atoms with E-state index in [4.69, 9.17) is 5.11 Å². The summed E-state index contributed by atoms with van der Waals surface area (Å²) >= 11 is 0.994. The Morgan fingerprint density at radius 1 is 1.32 bits per heavy atom. The molecule has 0 spiro atoms. The van der Waals surface area contributed by atoms with Crippen LogP contribution >= 0.6 is 11.3 Å². The number of aliphatic hydroxyl groups excluding tert-OH is 1. The van der Waals surface area contributed by atoms with Crippen LogP contribution in [0.15, 0.2) is 34.5 Å². The van der Waals surface area contributed by atoms with Gasteiger partial charge in [0.1, 0.15) is 10.0 Å². The Kier molecular flexibility index (Phi) is 3.88. The van der Waals surface area contributed by atoms with Crippen LogP contribution in [0.4, 0.5) is 10.1 Å². The molecule has 7 heteroatoms. The summed E-state index contributed by atoms with van der Waals surface area (Å²) in [5, 5.41) is 8.93. The predicted molar refractivity (Wildman–Crippen MR) is 72.2 cm³/mol. The zero-order chi connectivity index (χ0) is 14.0. The normalized spacial score (nSPS) is 11.5. The van der Waals surface area contributed by atoms with Gasteiger partial charge in [0.15, 0.2) is 0 Å². The van der Waals surface area contributed by atoms with Crippen molar-refractivity contribution < 1.29 is 17.9 Å². The van der Waals surface area contributed by atoms with Gasteiger partial charge in [-0.15, -0.1) is 11.3 Å². The molecule has 0 radical (unpaired) electrons. The first-order valence-corrected chi connectivity index (χ1v) is 7.71. The number of nitrogens with one attached hydrogen (secondary N) is 1. The molecule has 0 amide bonds. The molecule has 4 nitrogen and oxygen atoms in total. The molecule has 0 unspecified atom stereocenters. The van der Waals surface area contributed by atoms with Gasteiger partial charge in [-0.1, -0.05) is 0 Å². The lowest BCUT2D eigenvalue weighted by Gasteiger charge is -2.09. The van der Waals surface area contributed by atoms with E-state index in [0.717, 1.165) is 11.3 Å². The summed E-state index contributed by atoms with van der Waals surface area (Å²) in [5.41, 5.74) is 0.836. The molecule has 0 bridgehead atoms. The zero-order valence-electron chi connectivity index (χ0n) is 10.1. The first-order valence-electron chi connectivity index (χ1n) is 5.41. The number of aryl methyl sites for hydroxylation is 1. The van der Waals surface area contributed by atoms with E-state index in [1.807, 2.05) is 0 Å². The SMILES string of the molecule is Cc1cc(F)ccc1NS(=O)(=O)c1ccc(CO)s1. The van der Waals surface area contributed by atoms with Crippen LogP contribution in [0.25, 0.3) is 0 Å². The van der Waals surface area contributed by atoms with Gasteiger partial charge in [-0.3, -0.25) is 4.72 Å².